The average molecular weight is 579 g/mol. The molecule has 224 valence electrons. The van der Waals surface area contributed by atoms with Crippen molar-refractivity contribution < 1.29 is 42.9 Å². The van der Waals surface area contributed by atoms with Crippen LogP contribution in [-0.4, -0.2) is 59.5 Å². The highest BCUT2D eigenvalue weighted by Crippen LogP contribution is 2.68. The summed E-state index contributed by atoms with van der Waals surface area (Å²) in [4.78, 5) is 52.3. The molecule has 3 fully saturated rings. The van der Waals surface area contributed by atoms with Crippen LogP contribution < -0.4 is 0 Å². The van der Waals surface area contributed by atoms with Crippen LogP contribution in [0.2, 0.25) is 0 Å². The second kappa shape index (κ2) is 10.8. The number of fused-ring (bicyclic) bond motifs is 1. The van der Waals surface area contributed by atoms with E-state index < -0.39 is 70.8 Å². The van der Waals surface area contributed by atoms with Gasteiger partial charge in [-0.15, -0.1) is 0 Å². The standard InChI is InChI=1S/C33H38O9/c1-19-17-18-24(40-29(36)22-13-9-7-10-14-22)32(6)28(41-30(37)23-15-11-8-12-16-23)26(38-20(2)34)25-27(39-21(3)35)33(19,32)42-31(25,4)5/h7-16,19,24-28H,17-18H2,1-6H3/t19-,24+,25-,26-,27-,28-,32+,33-/m1/s1. The smallest absolute Gasteiger partial charge is 0.338 e. The number of hydrogen-bond acceptors (Lipinski definition) is 9. The summed E-state index contributed by atoms with van der Waals surface area (Å²) in [5, 5.41) is 0. The molecule has 9 heteroatoms. The third kappa shape index (κ3) is 4.68. The Morgan fingerprint density at radius 2 is 1.24 bits per heavy atom. The number of rotatable bonds is 6. The van der Waals surface area contributed by atoms with E-state index in [0.29, 0.717) is 24.0 Å². The summed E-state index contributed by atoms with van der Waals surface area (Å²) in [7, 11) is 0. The molecule has 1 aliphatic heterocycles. The Morgan fingerprint density at radius 3 is 1.76 bits per heavy atom. The van der Waals surface area contributed by atoms with E-state index in [4.69, 9.17) is 23.7 Å². The van der Waals surface area contributed by atoms with Gasteiger partial charge in [-0.1, -0.05) is 43.3 Å². The number of hydrogen-bond donors (Lipinski definition) is 0. The second-order valence-corrected chi connectivity index (χ2v) is 12.3. The molecule has 2 aliphatic carbocycles. The predicted octanol–water partition coefficient (Wildman–Crippen LogP) is 4.91. The third-order valence-corrected chi connectivity index (χ3v) is 9.43. The molecule has 2 aromatic carbocycles. The average Bonchev–Trinajstić information content (AvgIpc) is 3.14. The Morgan fingerprint density at radius 1 is 0.714 bits per heavy atom. The van der Waals surface area contributed by atoms with E-state index in [9.17, 15) is 19.2 Å². The number of ether oxygens (including phenoxy) is 5. The lowest BCUT2D eigenvalue weighted by Gasteiger charge is -2.62. The normalized spacial score (nSPS) is 34.4. The molecule has 2 bridgehead atoms. The van der Waals surface area contributed by atoms with Crippen molar-refractivity contribution in [2.45, 2.75) is 90.0 Å². The van der Waals surface area contributed by atoms with Gasteiger partial charge in [0.2, 0.25) is 0 Å². The summed E-state index contributed by atoms with van der Waals surface area (Å²) in [6, 6.07) is 17.1. The molecule has 0 aromatic heterocycles. The summed E-state index contributed by atoms with van der Waals surface area (Å²) in [5.74, 6) is -3.18. The number of carbonyl (C=O) groups excluding carboxylic acids is 4. The van der Waals surface area contributed by atoms with E-state index in [1.54, 1.807) is 60.7 Å². The fraction of sp³-hybridized carbons (Fsp3) is 0.515. The third-order valence-electron chi connectivity index (χ3n) is 9.43. The van der Waals surface area contributed by atoms with Crippen molar-refractivity contribution in [2.24, 2.45) is 17.3 Å². The molecule has 9 nitrogen and oxygen atoms in total. The summed E-state index contributed by atoms with van der Waals surface area (Å²) in [6.07, 6.45) is -2.89. The highest BCUT2D eigenvalue weighted by molar-refractivity contribution is 5.90. The summed E-state index contributed by atoms with van der Waals surface area (Å²) in [5.41, 5.74) is -2.85. The van der Waals surface area contributed by atoms with Crippen molar-refractivity contribution in [3.05, 3.63) is 71.8 Å². The highest BCUT2D eigenvalue weighted by atomic mass is 16.6. The van der Waals surface area contributed by atoms with Gasteiger partial charge in [0.05, 0.1) is 28.1 Å². The first-order valence-electron chi connectivity index (χ1n) is 14.4. The van der Waals surface area contributed by atoms with E-state index >= 15 is 0 Å². The molecule has 2 aromatic rings. The van der Waals surface area contributed by atoms with Gasteiger partial charge in [-0.25, -0.2) is 9.59 Å². The minimum atomic E-state index is -1.30. The second-order valence-electron chi connectivity index (χ2n) is 12.3. The van der Waals surface area contributed by atoms with Crippen LogP contribution in [0.5, 0.6) is 0 Å². The molecule has 0 radical (unpaired) electrons. The summed E-state index contributed by atoms with van der Waals surface area (Å²) >= 11 is 0. The van der Waals surface area contributed by atoms with Crippen LogP contribution in [0.4, 0.5) is 0 Å². The molecule has 8 atom stereocenters. The Bertz CT molecular complexity index is 1360. The maximum atomic E-state index is 13.6. The molecule has 1 saturated heterocycles. The SMILES string of the molecule is CC(=O)O[C@@H]1[C@@H]2[C@@H](OC(C)=O)[C@]3(OC2(C)C)[C@H](C)CC[C@H](OC(=O)c2ccccc2)[C@@]3(C)[C@@H]1OC(=O)c1ccccc1. The lowest BCUT2D eigenvalue weighted by Crippen LogP contribution is -2.76. The van der Waals surface area contributed by atoms with E-state index in [2.05, 4.69) is 0 Å². The van der Waals surface area contributed by atoms with Crippen molar-refractivity contribution in [1.82, 2.24) is 0 Å². The number of benzene rings is 2. The molecular formula is C33H38O9. The lowest BCUT2D eigenvalue weighted by molar-refractivity contribution is -0.296. The van der Waals surface area contributed by atoms with Crippen molar-refractivity contribution in [1.29, 1.82) is 0 Å². The van der Waals surface area contributed by atoms with Gasteiger partial charge in [-0.2, -0.15) is 0 Å². The molecule has 0 N–H and O–H groups in total. The molecule has 2 saturated carbocycles. The summed E-state index contributed by atoms with van der Waals surface area (Å²) in [6.45, 7) is 10.1. The fourth-order valence-electron chi connectivity index (χ4n) is 7.76. The van der Waals surface area contributed by atoms with Gasteiger partial charge in [-0.05, 0) is 63.8 Å². The maximum Gasteiger partial charge on any atom is 0.338 e. The molecule has 42 heavy (non-hydrogen) atoms. The van der Waals surface area contributed by atoms with Gasteiger partial charge >= 0.3 is 23.9 Å². The molecule has 1 spiro atoms. The fourth-order valence-corrected chi connectivity index (χ4v) is 7.76. The maximum absolute atomic E-state index is 13.6. The van der Waals surface area contributed by atoms with Crippen LogP contribution in [0.1, 0.15) is 75.1 Å². The molecule has 5 rings (SSSR count). The molecular weight excluding hydrogens is 540 g/mol. The van der Waals surface area contributed by atoms with Gasteiger partial charge < -0.3 is 23.7 Å². The Kier molecular flexibility index (Phi) is 7.68. The van der Waals surface area contributed by atoms with Crippen LogP contribution in [0.3, 0.4) is 0 Å². The zero-order valence-electron chi connectivity index (χ0n) is 24.8. The largest absolute Gasteiger partial charge is 0.459 e. The Labute approximate surface area is 245 Å². The van der Waals surface area contributed by atoms with Crippen LogP contribution >= 0.6 is 0 Å². The van der Waals surface area contributed by atoms with Crippen molar-refractivity contribution in [3.8, 4) is 0 Å². The van der Waals surface area contributed by atoms with Gasteiger partial charge in [0.15, 0.2) is 6.10 Å². The van der Waals surface area contributed by atoms with Crippen molar-refractivity contribution in [2.75, 3.05) is 0 Å². The van der Waals surface area contributed by atoms with Crippen LogP contribution in [0, 0.1) is 17.3 Å². The van der Waals surface area contributed by atoms with E-state index in [-0.39, 0.29) is 5.92 Å². The van der Waals surface area contributed by atoms with E-state index in [0.717, 1.165) is 0 Å². The number of esters is 4. The molecule has 3 aliphatic rings. The van der Waals surface area contributed by atoms with Gasteiger partial charge in [0.25, 0.3) is 0 Å². The molecule has 0 amide bonds. The van der Waals surface area contributed by atoms with Crippen LogP contribution in [-0.2, 0) is 33.3 Å². The quantitative estimate of drug-likeness (QED) is 0.348. The first-order chi connectivity index (χ1) is 19.8. The van der Waals surface area contributed by atoms with E-state index in [1.807, 2.05) is 27.7 Å². The number of carbonyl (C=O) groups is 4. The minimum absolute atomic E-state index is 0.209. The molecule has 0 unspecified atom stereocenters. The zero-order valence-corrected chi connectivity index (χ0v) is 24.8. The molecule has 1 heterocycles. The Balaban J connectivity index is 1.70. The topological polar surface area (TPSA) is 114 Å². The van der Waals surface area contributed by atoms with Crippen LogP contribution in [0.25, 0.3) is 0 Å². The van der Waals surface area contributed by atoms with Gasteiger partial charge in [0.1, 0.15) is 23.9 Å². The monoisotopic (exact) mass is 578 g/mol. The first kappa shape index (κ1) is 29.8. The predicted molar refractivity (Wildman–Crippen MR) is 150 cm³/mol. The highest BCUT2D eigenvalue weighted by Gasteiger charge is 2.82. The van der Waals surface area contributed by atoms with Crippen molar-refractivity contribution >= 4 is 23.9 Å². The lowest BCUT2D eigenvalue weighted by atomic mass is 9.48. The minimum Gasteiger partial charge on any atom is -0.459 e. The van der Waals surface area contributed by atoms with Crippen molar-refractivity contribution in [3.63, 3.8) is 0 Å². The van der Waals surface area contributed by atoms with Gasteiger partial charge in [-0.3, -0.25) is 9.59 Å². The first-order valence-corrected chi connectivity index (χ1v) is 14.4. The zero-order chi connectivity index (χ0) is 30.4. The summed E-state index contributed by atoms with van der Waals surface area (Å²) < 4.78 is 31.6. The van der Waals surface area contributed by atoms with Gasteiger partial charge in [0, 0.05) is 13.8 Å². The van der Waals surface area contributed by atoms with Crippen LogP contribution in [0.15, 0.2) is 60.7 Å². The van der Waals surface area contributed by atoms with E-state index in [1.165, 1.54) is 13.8 Å². The Hall–Kier alpha value is -3.72.